The first kappa shape index (κ1) is 14.2. The smallest absolute Gasteiger partial charge is 0.316 e. The molecule has 3 unspecified atom stereocenters. The number of Topliss-reactive ketones (excluding diaryl/α,β-unsaturated/α-hetero) is 1. The summed E-state index contributed by atoms with van der Waals surface area (Å²) in [6.07, 6.45) is 4.47. The highest BCUT2D eigenvalue weighted by molar-refractivity contribution is 6.00. The minimum Gasteiger partial charge on any atom is -0.465 e. The summed E-state index contributed by atoms with van der Waals surface area (Å²) in [7, 11) is 0. The Balaban J connectivity index is 2.63. The van der Waals surface area contributed by atoms with Crippen molar-refractivity contribution in [2.45, 2.75) is 52.9 Å². The number of hydrogen-bond acceptors (Lipinski definition) is 3. The summed E-state index contributed by atoms with van der Waals surface area (Å²) in [5.41, 5.74) is 0. The van der Waals surface area contributed by atoms with Gasteiger partial charge in [-0.3, -0.25) is 9.59 Å². The monoisotopic (exact) mass is 240 g/mol. The van der Waals surface area contributed by atoms with Crippen LogP contribution in [-0.2, 0) is 14.3 Å². The molecule has 0 aromatic carbocycles. The number of ether oxygens (including phenoxy) is 1. The Morgan fingerprint density at radius 1 is 1.29 bits per heavy atom. The Kier molecular flexibility index (Phi) is 5.66. The number of carbonyl (C=O) groups is 2. The maximum atomic E-state index is 12.3. The highest BCUT2D eigenvalue weighted by atomic mass is 16.5. The molecule has 0 bridgehead atoms. The van der Waals surface area contributed by atoms with Crippen molar-refractivity contribution >= 4 is 11.8 Å². The molecule has 0 N–H and O–H groups in total. The SMILES string of the molecule is CCCC(C(=O)OCC)C(=O)C1CCC(C)C1. The zero-order valence-corrected chi connectivity index (χ0v) is 11.2. The second kappa shape index (κ2) is 6.77. The van der Waals surface area contributed by atoms with Gasteiger partial charge in [-0.25, -0.2) is 0 Å². The third-order valence-corrected chi connectivity index (χ3v) is 3.59. The zero-order valence-electron chi connectivity index (χ0n) is 11.2. The van der Waals surface area contributed by atoms with E-state index in [1.54, 1.807) is 6.92 Å². The van der Waals surface area contributed by atoms with E-state index in [-0.39, 0.29) is 17.7 Å². The van der Waals surface area contributed by atoms with Gasteiger partial charge in [0.2, 0.25) is 0 Å². The molecule has 0 saturated heterocycles. The molecule has 1 rings (SSSR count). The Hall–Kier alpha value is -0.860. The second-order valence-electron chi connectivity index (χ2n) is 5.11. The summed E-state index contributed by atoms with van der Waals surface area (Å²) < 4.78 is 5.00. The standard InChI is InChI=1S/C14H24O3/c1-4-6-12(14(16)17-5-2)13(15)11-8-7-10(3)9-11/h10-12H,4-9H2,1-3H3. The van der Waals surface area contributed by atoms with Gasteiger partial charge in [0.1, 0.15) is 11.7 Å². The van der Waals surface area contributed by atoms with Crippen LogP contribution >= 0.6 is 0 Å². The van der Waals surface area contributed by atoms with Crippen LogP contribution in [0.25, 0.3) is 0 Å². The van der Waals surface area contributed by atoms with Crippen molar-refractivity contribution < 1.29 is 14.3 Å². The Bertz CT molecular complexity index is 273. The zero-order chi connectivity index (χ0) is 12.8. The van der Waals surface area contributed by atoms with Gasteiger partial charge in [-0.15, -0.1) is 0 Å². The van der Waals surface area contributed by atoms with Crippen LogP contribution < -0.4 is 0 Å². The van der Waals surface area contributed by atoms with E-state index in [0.29, 0.717) is 18.9 Å². The summed E-state index contributed by atoms with van der Waals surface area (Å²) in [5, 5.41) is 0. The van der Waals surface area contributed by atoms with Gasteiger partial charge in [0.05, 0.1) is 6.61 Å². The number of hydrogen-bond donors (Lipinski definition) is 0. The lowest BCUT2D eigenvalue weighted by Gasteiger charge is -2.17. The highest BCUT2D eigenvalue weighted by Crippen LogP contribution is 2.33. The van der Waals surface area contributed by atoms with Gasteiger partial charge in [0, 0.05) is 5.92 Å². The van der Waals surface area contributed by atoms with E-state index in [0.717, 1.165) is 25.7 Å². The van der Waals surface area contributed by atoms with Gasteiger partial charge in [-0.1, -0.05) is 20.3 Å². The largest absolute Gasteiger partial charge is 0.465 e. The quantitative estimate of drug-likeness (QED) is 0.529. The van der Waals surface area contributed by atoms with Crippen LogP contribution in [0.3, 0.4) is 0 Å². The third-order valence-electron chi connectivity index (χ3n) is 3.59. The summed E-state index contributed by atoms with van der Waals surface area (Å²) >= 11 is 0. The van der Waals surface area contributed by atoms with Crippen molar-refractivity contribution in [2.24, 2.45) is 17.8 Å². The molecule has 0 amide bonds. The fraction of sp³-hybridized carbons (Fsp3) is 0.857. The van der Waals surface area contributed by atoms with Crippen molar-refractivity contribution in [2.75, 3.05) is 6.61 Å². The fourth-order valence-corrected chi connectivity index (χ4v) is 2.66. The van der Waals surface area contributed by atoms with E-state index in [1.165, 1.54) is 0 Å². The van der Waals surface area contributed by atoms with Crippen molar-refractivity contribution in [3.8, 4) is 0 Å². The van der Waals surface area contributed by atoms with Crippen molar-refractivity contribution in [3.05, 3.63) is 0 Å². The molecule has 1 aliphatic carbocycles. The average Bonchev–Trinajstić information content (AvgIpc) is 2.72. The highest BCUT2D eigenvalue weighted by Gasteiger charge is 2.35. The lowest BCUT2D eigenvalue weighted by atomic mass is 9.88. The molecular weight excluding hydrogens is 216 g/mol. The van der Waals surface area contributed by atoms with E-state index in [9.17, 15) is 9.59 Å². The lowest BCUT2D eigenvalue weighted by Crippen LogP contribution is -2.30. The second-order valence-corrected chi connectivity index (χ2v) is 5.11. The van der Waals surface area contributed by atoms with Gasteiger partial charge >= 0.3 is 5.97 Å². The van der Waals surface area contributed by atoms with Gasteiger partial charge in [0.25, 0.3) is 0 Å². The molecule has 0 aromatic heterocycles. The molecule has 0 aromatic rings. The van der Waals surface area contributed by atoms with E-state index in [2.05, 4.69) is 6.92 Å². The molecule has 0 heterocycles. The number of ketones is 1. The molecule has 98 valence electrons. The molecule has 1 fully saturated rings. The maximum Gasteiger partial charge on any atom is 0.316 e. The van der Waals surface area contributed by atoms with E-state index in [1.807, 2.05) is 6.92 Å². The molecule has 0 spiro atoms. The Morgan fingerprint density at radius 2 is 2.00 bits per heavy atom. The predicted molar refractivity (Wildman–Crippen MR) is 66.5 cm³/mol. The predicted octanol–water partition coefficient (Wildman–Crippen LogP) is 2.97. The molecule has 3 nitrogen and oxygen atoms in total. The molecule has 1 aliphatic rings. The lowest BCUT2D eigenvalue weighted by molar-refractivity contribution is -0.153. The van der Waals surface area contributed by atoms with Crippen LogP contribution in [0.15, 0.2) is 0 Å². The maximum absolute atomic E-state index is 12.3. The van der Waals surface area contributed by atoms with Crippen LogP contribution in [0, 0.1) is 17.8 Å². The Labute approximate surface area is 104 Å². The minimum atomic E-state index is -0.518. The van der Waals surface area contributed by atoms with Crippen LogP contribution in [0.5, 0.6) is 0 Å². The van der Waals surface area contributed by atoms with Crippen LogP contribution in [-0.4, -0.2) is 18.4 Å². The molecule has 0 radical (unpaired) electrons. The molecule has 0 aliphatic heterocycles. The minimum absolute atomic E-state index is 0.0888. The van der Waals surface area contributed by atoms with Crippen molar-refractivity contribution in [3.63, 3.8) is 0 Å². The van der Waals surface area contributed by atoms with Gasteiger partial charge in [-0.05, 0) is 38.5 Å². The molecular formula is C14H24O3. The van der Waals surface area contributed by atoms with Crippen molar-refractivity contribution in [1.29, 1.82) is 0 Å². The number of rotatable bonds is 6. The Morgan fingerprint density at radius 3 is 2.47 bits per heavy atom. The summed E-state index contributed by atoms with van der Waals surface area (Å²) in [5.74, 6) is -0.0109. The van der Waals surface area contributed by atoms with E-state index >= 15 is 0 Å². The first-order valence-corrected chi connectivity index (χ1v) is 6.80. The molecule has 3 heteroatoms. The number of esters is 1. The van der Waals surface area contributed by atoms with Crippen molar-refractivity contribution in [1.82, 2.24) is 0 Å². The summed E-state index contributed by atoms with van der Waals surface area (Å²) in [4.78, 5) is 24.1. The number of carbonyl (C=O) groups excluding carboxylic acids is 2. The first-order valence-electron chi connectivity index (χ1n) is 6.80. The summed E-state index contributed by atoms with van der Waals surface area (Å²) in [6.45, 7) is 6.31. The van der Waals surface area contributed by atoms with Crippen LogP contribution in [0.4, 0.5) is 0 Å². The molecule has 1 saturated carbocycles. The van der Waals surface area contributed by atoms with E-state index in [4.69, 9.17) is 4.74 Å². The van der Waals surface area contributed by atoms with Gasteiger partial charge < -0.3 is 4.74 Å². The fourth-order valence-electron chi connectivity index (χ4n) is 2.66. The topological polar surface area (TPSA) is 43.4 Å². The van der Waals surface area contributed by atoms with Crippen LogP contribution in [0.1, 0.15) is 52.9 Å². The average molecular weight is 240 g/mol. The van der Waals surface area contributed by atoms with Crippen LogP contribution in [0.2, 0.25) is 0 Å². The first-order chi connectivity index (χ1) is 8.10. The van der Waals surface area contributed by atoms with Gasteiger partial charge in [-0.2, -0.15) is 0 Å². The summed E-state index contributed by atoms with van der Waals surface area (Å²) in [6, 6.07) is 0. The van der Waals surface area contributed by atoms with Gasteiger partial charge in [0.15, 0.2) is 0 Å². The third kappa shape index (κ3) is 3.83. The molecule has 17 heavy (non-hydrogen) atoms. The van der Waals surface area contributed by atoms with E-state index < -0.39 is 5.92 Å². The normalized spacial score (nSPS) is 25.6. The molecule has 3 atom stereocenters.